The van der Waals surface area contributed by atoms with E-state index in [-0.39, 0.29) is 45.5 Å². The number of rotatable bonds is 11. The number of halogens is 5. The summed E-state index contributed by atoms with van der Waals surface area (Å²) in [6.07, 6.45) is -0.811. The number of carboxylic acids is 2. The summed E-state index contributed by atoms with van der Waals surface area (Å²) in [4.78, 5) is 62.4. The van der Waals surface area contributed by atoms with Gasteiger partial charge in [-0.25, -0.2) is 26.7 Å². The molecule has 4 aromatic carbocycles. The van der Waals surface area contributed by atoms with E-state index in [1.54, 1.807) is 13.8 Å². The van der Waals surface area contributed by atoms with Gasteiger partial charge in [0.25, 0.3) is 5.91 Å². The predicted molar refractivity (Wildman–Crippen MR) is 179 cm³/mol. The van der Waals surface area contributed by atoms with E-state index in [0.29, 0.717) is 0 Å². The zero-order valence-corrected chi connectivity index (χ0v) is 28.0. The summed E-state index contributed by atoms with van der Waals surface area (Å²) >= 11 is 0. The molecule has 0 saturated carbocycles. The summed E-state index contributed by atoms with van der Waals surface area (Å²) in [6.45, 7) is 3.30. The summed E-state index contributed by atoms with van der Waals surface area (Å²) in [7, 11) is 0. The van der Waals surface area contributed by atoms with Gasteiger partial charge < -0.3 is 41.7 Å². The molecule has 0 aliphatic carbocycles. The second-order valence-electron chi connectivity index (χ2n) is 12.4. The van der Waals surface area contributed by atoms with Crippen molar-refractivity contribution < 1.29 is 66.0 Å². The first-order chi connectivity index (χ1) is 25.4. The first-order valence-electron chi connectivity index (χ1n) is 15.8. The van der Waals surface area contributed by atoms with E-state index in [0.717, 1.165) is 12.1 Å². The molecule has 0 spiro atoms. The van der Waals surface area contributed by atoms with Crippen LogP contribution in [0.5, 0.6) is 17.2 Å². The fourth-order valence-electron chi connectivity index (χ4n) is 5.71. The van der Waals surface area contributed by atoms with Crippen LogP contribution in [0.2, 0.25) is 0 Å². The van der Waals surface area contributed by atoms with Crippen LogP contribution in [0, 0.1) is 35.0 Å². The Morgan fingerprint density at radius 2 is 1.28 bits per heavy atom. The number of benzene rings is 4. The topological polar surface area (TPSA) is 217 Å². The maximum Gasteiger partial charge on any atom is 0.339 e. The molecule has 1 heterocycles. The minimum Gasteiger partial charge on any atom is -0.507 e. The smallest absolute Gasteiger partial charge is 0.339 e. The highest BCUT2D eigenvalue weighted by atomic mass is 19.2. The lowest BCUT2D eigenvalue weighted by Crippen LogP contribution is -2.52. The molecular weight excluding hydrogens is 727 g/mol. The Balaban J connectivity index is 1.55. The molecule has 54 heavy (non-hydrogen) atoms. The van der Waals surface area contributed by atoms with Crippen LogP contribution in [0.25, 0.3) is 0 Å². The number of carbonyl (C=O) groups is 5. The first kappa shape index (κ1) is 38.7. The number of amides is 3. The van der Waals surface area contributed by atoms with Gasteiger partial charge in [-0.1, -0.05) is 38.1 Å². The highest BCUT2D eigenvalue weighted by molar-refractivity contribution is 6.05. The maximum absolute atomic E-state index is 14.4. The fourth-order valence-corrected chi connectivity index (χ4v) is 5.71. The van der Waals surface area contributed by atoms with Crippen molar-refractivity contribution in [3.05, 3.63) is 112 Å². The van der Waals surface area contributed by atoms with Crippen molar-refractivity contribution in [3.63, 3.8) is 0 Å². The Labute approximate surface area is 301 Å². The third kappa shape index (κ3) is 7.49. The van der Waals surface area contributed by atoms with Crippen LogP contribution in [0.1, 0.15) is 63.6 Å². The van der Waals surface area contributed by atoms with Crippen molar-refractivity contribution in [1.82, 2.24) is 5.32 Å². The second-order valence-corrected chi connectivity index (χ2v) is 12.4. The number of aromatic carboxylic acids is 1. The van der Waals surface area contributed by atoms with Gasteiger partial charge in [-0.15, -0.1) is 0 Å². The van der Waals surface area contributed by atoms with Crippen molar-refractivity contribution >= 4 is 41.0 Å². The number of carboxylic acid groups (broad SMARTS) is 2. The van der Waals surface area contributed by atoms with Gasteiger partial charge in [-0.3, -0.25) is 19.2 Å². The van der Waals surface area contributed by atoms with Crippen molar-refractivity contribution in [2.24, 2.45) is 11.7 Å². The molecule has 1 aliphatic heterocycles. The van der Waals surface area contributed by atoms with Gasteiger partial charge in [0.1, 0.15) is 34.4 Å². The molecule has 3 unspecified atom stereocenters. The molecule has 0 radical (unpaired) electrons. The van der Waals surface area contributed by atoms with E-state index in [2.05, 4.69) is 10.6 Å². The molecule has 18 heteroatoms. The number of anilines is 2. The van der Waals surface area contributed by atoms with Crippen molar-refractivity contribution in [1.29, 1.82) is 0 Å². The van der Waals surface area contributed by atoms with Gasteiger partial charge in [-0.05, 0) is 29.7 Å². The largest absolute Gasteiger partial charge is 0.507 e. The van der Waals surface area contributed by atoms with E-state index in [4.69, 9.17) is 10.5 Å². The molecule has 0 bridgehead atoms. The molecule has 4 aromatic rings. The number of carbonyl (C=O) groups excluding carboxylic acids is 3. The van der Waals surface area contributed by atoms with E-state index < -0.39 is 100 Å². The molecule has 3 atom stereocenters. The van der Waals surface area contributed by atoms with E-state index >= 15 is 0 Å². The number of phenols is 1. The van der Waals surface area contributed by atoms with Crippen molar-refractivity contribution in [2.75, 3.05) is 10.6 Å². The van der Waals surface area contributed by atoms with E-state index in [9.17, 15) is 61.2 Å². The number of aromatic hydroxyl groups is 1. The third-order valence-corrected chi connectivity index (χ3v) is 8.46. The monoisotopic (exact) mass is 756 g/mol. The zero-order valence-electron chi connectivity index (χ0n) is 28.0. The van der Waals surface area contributed by atoms with Gasteiger partial charge in [-0.2, -0.15) is 0 Å². The number of ether oxygens (including phenoxy) is 1. The average molecular weight is 757 g/mol. The van der Waals surface area contributed by atoms with Crippen LogP contribution in [-0.2, 0) is 14.4 Å². The lowest BCUT2D eigenvalue weighted by molar-refractivity contribution is -0.139. The maximum atomic E-state index is 14.4. The van der Waals surface area contributed by atoms with Gasteiger partial charge in [0.15, 0.2) is 23.3 Å². The SMILES string of the molecule is CC(C)C(N)C(=O)NC(CC(=O)O)C(=O)Nc1ccc2c(c1)Oc1cc(NC(=O)c3c(F)c(F)c(F)c(F)c3F)ccc1C2c1cccc(O)c1C(=O)O. The normalized spacial score (nSPS) is 14.2. The third-order valence-electron chi connectivity index (χ3n) is 8.46. The minimum absolute atomic E-state index is 0.00360. The molecule has 1 aliphatic rings. The van der Waals surface area contributed by atoms with Gasteiger partial charge >= 0.3 is 11.9 Å². The quantitative estimate of drug-likeness (QED) is 0.0531. The Hall–Kier alpha value is -6.56. The second kappa shape index (κ2) is 15.2. The summed E-state index contributed by atoms with van der Waals surface area (Å²) in [5.41, 5.74) is 3.89. The van der Waals surface area contributed by atoms with Crippen LogP contribution < -0.4 is 26.4 Å². The first-order valence-corrected chi connectivity index (χ1v) is 15.8. The van der Waals surface area contributed by atoms with E-state index in [1.807, 2.05) is 5.32 Å². The highest BCUT2D eigenvalue weighted by Gasteiger charge is 2.35. The molecule has 8 N–H and O–H groups in total. The standard InChI is InChI=1S/C36H29F5N4O9/c1-13(2)32(42)35(51)45-19(12-23(47)48)33(49)43-14-6-8-16-21(10-14)54-22-11-15(44-34(50)26-27(37)29(39)31(41)30(40)28(26)38)7-9-17(22)24(16)18-4-3-5-20(46)25(18)36(52)53/h3-11,13,19,24,32,46H,12,42H2,1-2H3,(H,43,49)(H,44,50)(H,45,51)(H,47,48)(H,52,53). The van der Waals surface area contributed by atoms with Gasteiger partial charge in [0, 0.05) is 40.6 Å². The molecular formula is C36H29F5N4O9. The van der Waals surface area contributed by atoms with E-state index in [1.165, 1.54) is 42.5 Å². The molecule has 0 saturated heterocycles. The summed E-state index contributed by atoms with van der Waals surface area (Å²) in [6, 6.07) is 9.00. The number of hydrogen-bond donors (Lipinski definition) is 7. The minimum atomic E-state index is -2.46. The average Bonchev–Trinajstić information content (AvgIpc) is 3.10. The number of nitrogens with one attached hydrogen (secondary N) is 3. The van der Waals surface area contributed by atoms with Gasteiger partial charge in [0.2, 0.25) is 17.6 Å². The van der Waals surface area contributed by atoms with Crippen LogP contribution in [0.3, 0.4) is 0 Å². The van der Waals surface area contributed by atoms with Gasteiger partial charge in [0.05, 0.1) is 12.5 Å². The Kier molecular flexibility index (Phi) is 10.9. The summed E-state index contributed by atoms with van der Waals surface area (Å²) < 4.78 is 76.0. The number of aliphatic carboxylic acids is 1. The molecule has 5 rings (SSSR count). The van der Waals surface area contributed by atoms with Crippen molar-refractivity contribution in [2.45, 2.75) is 38.3 Å². The molecule has 3 amide bonds. The highest BCUT2D eigenvalue weighted by Crippen LogP contribution is 2.50. The van der Waals surface area contributed by atoms with Crippen LogP contribution in [-0.4, -0.2) is 57.1 Å². The predicted octanol–water partition coefficient (Wildman–Crippen LogP) is 5.21. The molecule has 0 fully saturated rings. The zero-order chi connectivity index (χ0) is 39.8. The number of nitrogens with two attached hydrogens (primary N) is 1. The number of fused-ring (bicyclic) bond motifs is 2. The lowest BCUT2D eigenvalue weighted by Gasteiger charge is -2.30. The molecule has 282 valence electrons. The molecule has 13 nitrogen and oxygen atoms in total. The Morgan fingerprint density at radius 3 is 1.80 bits per heavy atom. The molecule has 0 aromatic heterocycles. The van der Waals surface area contributed by atoms with Crippen LogP contribution in [0.15, 0.2) is 54.6 Å². The van der Waals surface area contributed by atoms with Crippen LogP contribution in [0.4, 0.5) is 33.3 Å². The van der Waals surface area contributed by atoms with Crippen LogP contribution >= 0.6 is 0 Å². The lowest BCUT2D eigenvalue weighted by atomic mass is 9.80. The number of hydrogen-bond acceptors (Lipinski definition) is 8. The summed E-state index contributed by atoms with van der Waals surface area (Å²) in [5.74, 6) is -20.4. The Bertz CT molecular complexity index is 2200. The Morgan fingerprint density at radius 1 is 0.741 bits per heavy atom. The van der Waals surface area contributed by atoms with Crippen molar-refractivity contribution in [3.8, 4) is 17.2 Å². The fraction of sp³-hybridized carbons (Fsp3) is 0.194. The summed E-state index contributed by atoms with van der Waals surface area (Å²) in [5, 5.41) is 36.7.